The summed E-state index contributed by atoms with van der Waals surface area (Å²) in [4.78, 5) is 38.9. The topological polar surface area (TPSA) is 84.9 Å². The average Bonchev–Trinajstić information content (AvgIpc) is 3.06. The predicted octanol–water partition coefficient (Wildman–Crippen LogP) is 4.91. The van der Waals surface area contributed by atoms with E-state index in [1.165, 1.54) is 24.3 Å². The number of amides is 3. The fraction of sp³-hybridized carbons (Fsp3) is 0.115. The van der Waals surface area contributed by atoms with Crippen LogP contribution in [-0.4, -0.2) is 35.8 Å². The highest BCUT2D eigenvalue weighted by Gasteiger charge is 2.35. The molecule has 0 bridgehead atoms. The molecule has 1 heterocycles. The number of hydrogen-bond donors (Lipinski definition) is 1. The van der Waals surface area contributed by atoms with E-state index in [0.29, 0.717) is 23.8 Å². The zero-order chi connectivity index (χ0) is 23.4. The summed E-state index contributed by atoms with van der Waals surface area (Å²) in [5, 5.41) is 2.82. The largest absolute Gasteiger partial charge is 0.494 e. The third-order valence-electron chi connectivity index (χ3n) is 5.04. The average molecular weight is 442 g/mol. The molecular formula is C26H22N2O5. The summed E-state index contributed by atoms with van der Waals surface area (Å²) in [7, 11) is 0. The van der Waals surface area contributed by atoms with Gasteiger partial charge in [0.1, 0.15) is 11.5 Å². The first kappa shape index (κ1) is 21.8. The van der Waals surface area contributed by atoms with Gasteiger partial charge in [0.05, 0.1) is 23.4 Å². The minimum atomic E-state index is -0.441. The van der Waals surface area contributed by atoms with Crippen molar-refractivity contribution in [2.45, 2.75) is 6.92 Å². The van der Waals surface area contributed by atoms with Gasteiger partial charge >= 0.3 is 0 Å². The van der Waals surface area contributed by atoms with Crippen molar-refractivity contribution in [1.29, 1.82) is 0 Å². The van der Waals surface area contributed by atoms with Gasteiger partial charge in [-0.15, -0.1) is 6.58 Å². The van der Waals surface area contributed by atoms with Gasteiger partial charge in [-0.3, -0.25) is 19.3 Å². The van der Waals surface area contributed by atoms with E-state index in [-0.39, 0.29) is 23.2 Å². The highest BCUT2D eigenvalue weighted by molar-refractivity contribution is 6.22. The number of hydrogen-bond acceptors (Lipinski definition) is 5. The maximum atomic E-state index is 12.9. The molecule has 1 aliphatic heterocycles. The number of nitrogens with zero attached hydrogens (tertiary/aromatic N) is 1. The predicted molar refractivity (Wildman–Crippen MR) is 124 cm³/mol. The van der Waals surface area contributed by atoms with Crippen LogP contribution in [0.4, 0.5) is 5.69 Å². The Balaban J connectivity index is 1.53. The van der Waals surface area contributed by atoms with Gasteiger partial charge in [-0.1, -0.05) is 18.2 Å². The number of rotatable bonds is 8. The first-order valence-corrected chi connectivity index (χ1v) is 10.4. The number of anilines is 1. The molecule has 0 fully saturated rings. The van der Waals surface area contributed by atoms with Crippen molar-refractivity contribution in [2.75, 3.05) is 18.5 Å². The fourth-order valence-corrected chi connectivity index (χ4v) is 3.48. The lowest BCUT2D eigenvalue weighted by atomic mass is 10.1. The second kappa shape index (κ2) is 9.40. The van der Waals surface area contributed by atoms with Crippen LogP contribution in [0.15, 0.2) is 79.4 Å². The second-order valence-corrected chi connectivity index (χ2v) is 7.23. The summed E-state index contributed by atoms with van der Waals surface area (Å²) in [6.45, 7) is 6.17. The molecule has 1 N–H and O–H groups in total. The highest BCUT2D eigenvalue weighted by Crippen LogP contribution is 2.31. The lowest BCUT2D eigenvalue weighted by Crippen LogP contribution is -2.29. The molecule has 3 aromatic carbocycles. The standard InChI is InChI=1S/C26H22N2O5/c1-3-15-28-25(30)20-14-9-17(16-21(20)26(28)31)24(29)27-22-7-5-6-8-23(22)33-19-12-10-18(11-13-19)32-4-2/h3,5-14,16H,1,4,15H2,2H3,(H,27,29). The van der Waals surface area contributed by atoms with E-state index in [1.807, 2.05) is 6.92 Å². The van der Waals surface area contributed by atoms with Crippen molar-refractivity contribution in [3.63, 3.8) is 0 Å². The summed E-state index contributed by atoms with van der Waals surface area (Å²) in [5.74, 6) is 0.522. The smallest absolute Gasteiger partial charge is 0.261 e. The molecule has 0 aliphatic carbocycles. The lowest BCUT2D eigenvalue weighted by molar-refractivity contribution is 0.0672. The maximum Gasteiger partial charge on any atom is 0.261 e. The van der Waals surface area contributed by atoms with E-state index in [9.17, 15) is 14.4 Å². The number of nitrogens with one attached hydrogen (secondary N) is 1. The van der Waals surface area contributed by atoms with Crippen LogP contribution in [0.3, 0.4) is 0 Å². The summed E-state index contributed by atoms with van der Waals surface area (Å²) >= 11 is 0. The van der Waals surface area contributed by atoms with Crippen LogP contribution < -0.4 is 14.8 Å². The number of carbonyl (C=O) groups is 3. The van der Waals surface area contributed by atoms with E-state index in [1.54, 1.807) is 48.5 Å². The summed E-state index contributed by atoms with van der Waals surface area (Å²) in [6, 6.07) is 18.7. The van der Waals surface area contributed by atoms with Gasteiger partial charge in [0.15, 0.2) is 5.75 Å². The van der Waals surface area contributed by atoms with Gasteiger partial charge in [-0.25, -0.2) is 0 Å². The Morgan fingerprint density at radius 3 is 2.39 bits per heavy atom. The molecule has 1 aliphatic rings. The quantitative estimate of drug-likeness (QED) is 0.396. The molecule has 7 nitrogen and oxygen atoms in total. The summed E-state index contributed by atoms with van der Waals surface area (Å²) in [5.41, 5.74) is 1.20. The lowest BCUT2D eigenvalue weighted by Gasteiger charge is -2.13. The van der Waals surface area contributed by atoms with E-state index in [0.717, 1.165) is 10.6 Å². The summed E-state index contributed by atoms with van der Waals surface area (Å²) in [6.07, 6.45) is 1.48. The Morgan fingerprint density at radius 1 is 0.970 bits per heavy atom. The molecule has 0 unspecified atom stereocenters. The number of imide groups is 1. The van der Waals surface area contributed by atoms with Gasteiger partial charge in [0.2, 0.25) is 0 Å². The number of para-hydroxylation sites is 2. The molecule has 0 saturated carbocycles. The third kappa shape index (κ3) is 4.48. The third-order valence-corrected chi connectivity index (χ3v) is 5.04. The van der Waals surface area contributed by atoms with E-state index in [2.05, 4.69) is 11.9 Å². The molecule has 0 saturated heterocycles. The zero-order valence-corrected chi connectivity index (χ0v) is 18.0. The van der Waals surface area contributed by atoms with Gasteiger partial charge in [-0.2, -0.15) is 0 Å². The fourth-order valence-electron chi connectivity index (χ4n) is 3.48. The van der Waals surface area contributed by atoms with Gasteiger partial charge in [-0.05, 0) is 61.5 Å². The van der Waals surface area contributed by atoms with E-state index in [4.69, 9.17) is 9.47 Å². The van der Waals surface area contributed by atoms with Crippen LogP contribution in [0.1, 0.15) is 38.0 Å². The van der Waals surface area contributed by atoms with Crippen molar-refractivity contribution in [2.24, 2.45) is 0 Å². The molecule has 33 heavy (non-hydrogen) atoms. The Hall–Kier alpha value is -4.39. The minimum absolute atomic E-state index is 0.115. The summed E-state index contributed by atoms with van der Waals surface area (Å²) < 4.78 is 11.4. The number of ether oxygens (including phenoxy) is 2. The Bertz CT molecular complexity index is 1230. The maximum absolute atomic E-state index is 12.9. The van der Waals surface area contributed by atoms with Crippen molar-refractivity contribution in [3.8, 4) is 17.2 Å². The van der Waals surface area contributed by atoms with Crippen molar-refractivity contribution >= 4 is 23.4 Å². The van der Waals surface area contributed by atoms with E-state index >= 15 is 0 Å². The van der Waals surface area contributed by atoms with Crippen molar-refractivity contribution in [1.82, 2.24) is 4.90 Å². The number of benzene rings is 3. The van der Waals surface area contributed by atoms with Crippen LogP contribution in [0.25, 0.3) is 0 Å². The molecule has 0 atom stereocenters. The van der Waals surface area contributed by atoms with Crippen LogP contribution >= 0.6 is 0 Å². The normalized spacial score (nSPS) is 12.3. The zero-order valence-electron chi connectivity index (χ0n) is 18.0. The van der Waals surface area contributed by atoms with Gasteiger partial charge < -0.3 is 14.8 Å². The van der Waals surface area contributed by atoms with E-state index < -0.39 is 17.7 Å². The molecule has 3 aromatic rings. The molecule has 3 amide bonds. The number of carbonyl (C=O) groups excluding carboxylic acids is 3. The van der Waals surface area contributed by atoms with Gasteiger partial charge in [0, 0.05) is 12.1 Å². The Labute approximate surface area is 191 Å². The molecular weight excluding hydrogens is 420 g/mol. The minimum Gasteiger partial charge on any atom is -0.494 e. The van der Waals surface area contributed by atoms with Crippen molar-refractivity contribution in [3.05, 3.63) is 96.1 Å². The molecule has 166 valence electrons. The molecule has 0 aromatic heterocycles. The molecule has 0 spiro atoms. The van der Waals surface area contributed by atoms with Crippen LogP contribution in [0.5, 0.6) is 17.2 Å². The molecule has 4 rings (SSSR count). The van der Waals surface area contributed by atoms with Crippen LogP contribution in [-0.2, 0) is 0 Å². The number of fused-ring (bicyclic) bond motifs is 1. The Kier molecular flexibility index (Phi) is 6.22. The highest BCUT2D eigenvalue weighted by atomic mass is 16.5. The second-order valence-electron chi connectivity index (χ2n) is 7.23. The van der Waals surface area contributed by atoms with Gasteiger partial charge in [0.25, 0.3) is 17.7 Å². The van der Waals surface area contributed by atoms with Crippen molar-refractivity contribution < 1.29 is 23.9 Å². The molecule has 0 radical (unpaired) electrons. The molecule has 7 heteroatoms. The monoisotopic (exact) mass is 442 g/mol. The Morgan fingerprint density at radius 2 is 1.67 bits per heavy atom. The first-order chi connectivity index (χ1) is 16.0. The van der Waals surface area contributed by atoms with Crippen LogP contribution in [0, 0.1) is 0 Å². The van der Waals surface area contributed by atoms with Crippen LogP contribution in [0.2, 0.25) is 0 Å². The first-order valence-electron chi connectivity index (χ1n) is 10.4. The SMILES string of the molecule is C=CCN1C(=O)c2ccc(C(=O)Nc3ccccc3Oc3ccc(OCC)cc3)cc2C1=O.